The number of carboxylic acids is 1. The molecule has 3 rings (SSSR count). The fraction of sp³-hybridized carbons (Fsp3) is 0.312. The lowest BCUT2D eigenvalue weighted by atomic mass is 10.1. The minimum absolute atomic E-state index is 0.0398. The van der Waals surface area contributed by atoms with E-state index in [4.69, 9.17) is 14.6 Å². The second-order valence-electron chi connectivity index (χ2n) is 5.25. The van der Waals surface area contributed by atoms with Gasteiger partial charge in [-0.25, -0.2) is 9.78 Å². The van der Waals surface area contributed by atoms with Gasteiger partial charge in [0, 0.05) is 17.5 Å². The molecule has 1 aliphatic rings. The van der Waals surface area contributed by atoms with Crippen molar-refractivity contribution in [3.8, 4) is 5.75 Å². The maximum atomic E-state index is 12.6. The zero-order valence-electron chi connectivity index (χ0n) is 12.8. The Bertz CT molecular complexity index is 719. The quantitative estimate of drug-likeness (QED) is 0.884. The number of rotatable bonds is 5. The van der Waals surface area contributed by atoms with E-state index >= 15 is 0 Å². The summed E-state index contributed by atoms with van der Waals surface area (Å²) in [4.78, 5) is 29.2. The maximum Gasteiger partial charge on any atom is 0.334 e. The number of carbonyl (C=O) groups is 2. The van der Waals surface area contributed by atoms with Crippen LogP contribution in [0.4, 0.5) is 0 Å². The van der Waals surface area contributed by atoms with Crippen LogP contribution in [-0.2, 0) is 16.1 Å². The van der Waals surface area contributed by atoms with Gasteiger partial charge in [-0.15, -0.1) is 11.3 Å². The standard InChI is InChI=1S/C16H16N2O5S/c19-15(18-4-5-22-14(7-18)16(20)21)11-2-1-3-13(6-11)23-8-12-9-24-10-17-12/h1-3,6,9-10,14H,4-5,7-8H2,(H,20,21)/t14-/m0/s1. The van der Waals surface area contributed by atoms with Crippen LogP contribution in [0.5, 0.6) is 5.75 Å². The summed E-state index contributed by atoms with van der Waals surface area (Å²) in [6, 6.07) is 6.84. The van der Waals surface area contributed by atoms with E-state index in [-0.39, 0.29) is 19.1 Å². The number of amides is 1. The second-order valence-corrected chi connectivity index (χ2v) is 5.96. The SMILES string of the molecule is O=C(O)[C@@H]1CN(C(=O)c2cccc(OCc3cscn3)c2)CCO1. The molecule has 126 valence electrons. The minimum atomic E-state index is -1.06. The van der Waals surface area contributed by atoms with Crippen molar-refractivity contribution in [1.82, 2.24) is 9.88 Å². The number of benzene rings is 1. The first-order valence-electron chi connectivity index (χ1n) is 7.37. The van der Waals surface area contributed by atoms with Gasteiger partial charge in [-0.05, 0) is 18.2 Å². The first-order valence-corrected chi connectivity index (χ1v) is 8.31. The van der Waals surface area contributed by atoms with Crippen LogP contribution in [0, 0.1) is 0 Å². The molecule has 0 saturated carbocycles. The fourth-order valence-corrected chi connectivity index (χ4v) is 2.89. The van der Waals surface area contributed by atoms with Gasteiger partial charge in [0.25, 0.3) is 5.91 Å². The Morgan fingerprint density at radius 1 is 1.46 bits per heavy atom. The number of carboxylic acid groups (broad SMARTS) is 1. The summed E-state index contributed by atoms with van der Waals surface area (Å²) < 4.78 is 10.8. The van der Waals surface area contributed by atoms with Crippen molar-refractivity contribution in [3.63, 3.8) is 0 Å². The van der Waals surface area contributed by atoms with Crippen LogP contribution < -0.4 is 4.74 Å². The lowest BCUT2D eigenvalue weighted by molar-refractivity contribution is -0.154. The third-order valence-corrected chi connectivity index (χ3v) is 4.22. The molecule has 1 aromatic heterocycles. The molecule has 1 aliphatic heterocycles. The van der Waals surface area contributed by atoms with Crippen LogP contribution >= 0.6 is 11.3 Å². The summed E-state index contributed by atoms with van der Waals surface area (Å²) in [5, 5.41) is 10.9. The molecule has 1 fully saturated rings. The molecule has 1 saturated heterocycles. The highest BCUT2D eigenvalue weighted by Crippen LogP contribution is 2.18. The predicted molar refractivity (Wildman–Crippen MR) is 86.2 cm³/mol. The number of thiazole rings is 1. The van der Waals surface area contributed by atoms with Crippen LogP contribution in [0.3, 0.4) is 0 Å². The smallest absolute Gasteiger partial charge is 0.334 e. The van der Waals surface area contributed by atoms with Crippen LogP contribution in [0.25, 0.3) is 0 Å². The second kappa shape index (κ2) is 7.41. The van der Waals surface area contributed by atoms with Gasteiger partial charge in [0.05, 0.1) is 24.4 Å². The van der Waals surface area contributed by atoms with E-state index in [0.717, 1.165) is 5.69 Å². The summed E-state index contributed by atoms with van der Waals surface area (Å²) in [5.41, 5.74) is 3.02. The molecule has 7 nitrogen and oxygen atoms in total. The van der Waals surface area contributed by atoms with E-state index in [1.165, 1.54) is 16.2 Å². The molecular weight excluding hydrogens is 332 g/mol. The molecule has 0 spiro atoms. The van der Waals surface area contributed by atoms with E-state index in [0.29, 0.717) is 24.5 Å². The van der Waals surface area contributed by atoms with Gasteiger partial charge in [0.15, 0.2) is 6.10 Å². The third-order valence-electron chi connectivity index (χ3n) is 3.58. The molecule has 0 bridgehead atoms. The van der Waals surface area contributed by atoms with Gasteiger partial charge in [0.2, 0.25) is 0 Å². The molecule has 1 amide bonds. The molecule has 1 N–H and O–H groups in total. The number of morpholine rings is 1. The molecular formula is C16H16N2O5S. The van der Waals surface area contributed by atoms with Crippen molar-refractivity contribution in [2.75, 3.05) is 19.7 Å². The Kier molecular flexibility index (Phi) is 5.07. The number of hydrogen-bond donors (Lipinski definition) is 1. The van der Waals surface area contributed by atoms with Crippen molar-refractivity contribution in [2.24, 2.45) is 0 Å². The lowest BCUT2D eigenvalue weighted by Gasteiger charge is -2.31. The Morgan fingerprint density at radius 3 is 3.08 bits per heavy atom. The first kappa shape index (κ1) is 16.4. The molecule has 1 aromatic carbocycles. The largest absolute Gasteiger partial charge is 0.487 e. The van der Waals surface area contributed by atoms with Crippen LogP contribution in [0.15, 0.2) is 35.2 Å². The maximum absolute atomic E-state index is 12.6. The number of nitrogens with zero attached hydrogens (tertiary/aromatic N) is 2. The molecule has 1 atom stereocenters. The monoisotopic (exact) mass is 348 g/mol. The topological polar surface area (TPSA) is 89.0 Å². The number of hydrogen-bond acceptors (Lipinski definition) is 6. The van der Waals surface area contributed by atoms with Crippen LogP contribution in [-0.4, -0.2) is 52.7 Å². The molecule has 0 aliphatic carbocycles. The summed E-state index contributed by atoms with van der Waals surface area (Å²) in [7, 11) is 0. The molecule has 24 heavy (non-hydrogen) atoms. The zero-order valence-corrected chi connectivity index (χ0v) is 13.6. The average Bonchev–Trinajstić information content (AvgIpc) is 3.13. The third kappa shape index (κ3) is 3.90. The van der Waals surface area contributed by atoms with Crippen molar-refractivity contribution in [2.45, 2.75) is 12.7 Å². The molecule has 2 heterocycles. The molecule has 2 aromatic rings. The number of aliphatic carboxylic acids is 1. The Labute approximate surface area is 142 Å². The van der Waals surface area contributed by atoms with Crippen molar-refractivity contribution >= 4 is 23.2 Å². The highest BCUT2D eigenvalue weighted by atomic mass is 32.1. The molecule has 0 radical (unpaired) electrons. The normalized spacial score (nSPS) is 17.5. The highest BCUT2D eigenvalue weighted by molar-refractivity contribution is 7.07. The Balaban J connectivity index is 1.66. The van der Waals surface area contributed by atoms with Crippen LogP contribution in [0.2, 0.25) is 0 Å². The van der Waals surface area contributed by atoms with E-state index in [9.17, 15) is 9.59 Å². The summed E-state index contributed by atoms with van der Waals surface area (Å²) >= 11 is 1.49. The minimum Gasteiger partial charge on any atom is -0.487 e. The van der Waals surface area contributed by atoms with E-state index in [1.54, 1.807) is 29.8 Å². The van der Waals surface area contributed by atoms with Crippen molar-refractivity contribution < 1.29 is 24.2 Å². The highest BCUT2D eigenvalue weighted by Gasteiger charge is 2.29. The molecule has 0 unspecified atom stereocenters. The lowest BCUT2D eigenvalue weighted by Crippen LogP contribution is -2.48. The van der Waals surface area contributed by atoms with Gasteiger partial charge < -0.3 is 19.5 Å². The first-order chi connectivity index (χ1) is 11.6. The van der Waals surface area contributed by atoms with Gasteiger partial charge >= 0.3 is 5.97 Å². The average molecular weight is 348 g/mol. The van der Waals surface area contributed by atoms with Crippen molar-refractivity contribution in [3.05, 3.63) is 46.4 Å². The summed E-state index contributed by atoms with van der Waals surface area (Å²) in [5.74, 6) is -0.728. The number of aromatic nitrogens is 1. The van der Waals surface area contributed by atoms with Crippen LogP contribution in [0.1, 0.15) is 16.1 Å². The summed E-state index contributed by atoms with van der Waals surface area (Å²) in [6.45, 7) is 0.951. The number of ether oxygens (including phenoxy) is 2. The number of carbonyl (C=O) groups excluding carboxylic acids is 1. The van der Waals surface area contributed by atoms with Gasteiger partial charge in [-0.1, -0.05) is 6.07 Å². The fourth-order valence-electron chi connectivity index (χ4n) is 2.35. The van der Waals surface area contributed by atoms with E-state index in [1.807, 2.05) is 5.38 Å². The van der Waals surface area contributed by atoms with E-state index < -0.39 is 12.1 Å². The van der Waals surface area contributed by atoms with Crippen molar-refractivity contribution in [1.29, 1.82) is 0 Å². The Morgan fingerprint density at radius 2 is 2.33 bits per heavy atom. The van der Waals surface area contributed by atoms with Gasteiger partial charge in [-0.2, -0.15) is 0 Å². The Hall–Kier alpha value is -2.45. The zero-order chi connectivity index (χ0) is 16.9. The van der Waals surface area contributed by atoms with Gasteiger partial charge in [-0.3, -0.25) is 4.79 Å². The van der Waals surface area contributed by atoms with Gasteiger partial charge in [0.1, 0.15) is 12.4 Å². The summed E-state index contributed by atoms with van der Waals surface area (Å²) in [6.07, 6.45) is -0.980. The van der Waals surface area contributed by atoms with E-state index in [2.05, 4.69) is 4.98 Å². The molecule has 8 heteroatoms. The predicted octanol–water partition coefficient (Wildman–Crippen LogP) is 1.65.